The predicted octanol–water partition coefficient (Wildman–Crippen LogP) is 3.38. The lowest BCUT2D eigenvalue weighted by molar-refractivity contribution is -0.120. The van der Waals surface area contributed by atoms with Crippen LogP contribution in [0.1, 0.15) is 22.4 Å². The SMILES string of the molecule is COc1ccccc1CNC(=O)Cc1c(C)nc(SCc2ccc(F)cc2)[nH]c1=O. The minimum absolute atomic E-state index is 0.0633. The summed E-state index contributed by atoms with van der Waals surface area (Å²) >= 11 is 1.34. The van der Waals surface area contributed by atoms with Crippen molar-refractivity contribution in [1.29, 1.82) is 0 Å². The second-order valence-corrected chi connectivity index (χ2v) is 7.58. The number of rotatable bonds is 8. The third-order valence-corrected chi connectivity index (χ3v) is 5.44. The minimum atomic E-state index is -0.337. The molecule has 2 N–H and O–H groups in total. The predicted molar refractivity (Wildman–Crippen MR) is 114 cm³/mol. The summed E-state index contributed by atoms with van der Waals surface area (Å²) in [5, 5.41) is 3.27. The van der Waals surface area contributed by atoms with E-state index in [9.17, 15) is 14.0 Å². The number of thioether (sulfide) groups is 1. The van der Waals surface area contributed by atoms with Crippen LogP contribution in [0.25, 0.3) is 0 Å². The number of methoxy groups -OCH3 is 1. The van der Waals surface area contributed by atoms with Crippen LogP contribution in [0.3, 0.4) is 0 Å². The van der Waals surface area contributed by atoms with Gasteiger partial charge in [-0.25, -0.2) is 9.37 Å². The summed E-state index contributed by atoms with van der Waals surface area (Å²) in [4.78, 5) is 31.9. The monoisotopic (exact) mass is 427 g/mol. The van der Waals surface area contributed by atoms with E-state index in [2.05, 4.69) is 15.3 Å². The van der Waals surface area contributed by atoms with E-state index >= 15 is 0 Å². The number of carbonyl (C=O) groups is 1. The van der Waals surface area contributed by atoms with E-state index in [1.807, 2.05) is 24.3 Å². The molecule has 0 saturated carbocycles. The maximum absolute atomic E-state index is 13.0. The van der Waals surface area contributed by atoms with Crippen LogP contribution in [0.4, 0.5) is 4.39 Å². The average Bonchev–Trinajstić information content (AvgIpc) is 2.74. The highest BCUT2D eigenvalue weighted by Crippen LogP contribution is 2.19. The molecule has 0 radical (unpaired) electrons. The molecule has 3 aromatic rings. The Morgan fingerprint density at radius 1 is 1.20 bits per heavy atom. The molecule has 0 fully saturated rings. The molecule has 0 spiro atoms. The van der Waals surface area contributed by atoms with Crippen LogP contribution in [0.2, 0.25) is 0 Å². The van der Waals surface area contributed by atoms with Crippen LogP contribution in [0.5, 0.6) is 5.75 Å². The zero-order valence-corrected chi connectivity index (χ0v) is 17.5. The fourth-order valence-electron chi connectivity index (χ4n) is 2.86. The van der Waals surface area contributed by atoms with Gasteiger partial charge >= 0.3 is 0 Å². The molecule has 8 heteroatoms. The lowest BCUT2D eigenvalue weighted by atomic mass is 10.1. The molecule has 0 aliphatic rings. The molecule has 0 aliphatic carbocycles. The van der Waals surface area contributed by atoms with Crippen molar-refractivity contribution in [3.8, 4) is 5.75 Å². The average molecular weight is 428 g/mol. The minimum Gasteiger partial charge on any atom is -0.496 e. The van der Waals surface area contributed by atoms with Gasteiger partial charge in [0.1, 0.15) is 11.6 Å². The molecule has 1 aromatic heterocycles. The van der Waals surface area contributed by atoms with Crippen molar-refractivity contribution in [3.05, 3.63) is 87.1 Å². The van der Waals surface area contributed by atoms with Gasteiger partial charge in [-0.3, -0.25) is 9.59 Å². The first-order valence-electron chi connectivity index (χ1n) is 9.32. The number of nitrogens with one attached hydrogen (secondary N) is 2. The summed E-state index contributed by atoms with van der Waals surface area (Å²) in [5.74, 6) is 0.667. The number of benzene rings is 2. The van der Waals surface area contributed by atoms with Crippen molar-refractivity contribution in [1.82, 2.24) is 15.3 Å². The summed E-state index contributed by atoms with van der Waals surface area (Å²) < 4.78 is 18.3. The molecule has 0 aliphatic heterocycles. The van der Waals surface area contributed by atoms with Crippen molar-refractivity contribution in [2.45, 2.75) is 30.8 Å². The molecule has 30 heavy (non-hydrogen) atoms. The fourth-order valence-corrected chi connectivity index (χ4v) is 3.72. The van der Waals surface area contributed by atoms with Crippen molar-refractivity contribution < 1.29 is 13.9 Å². The van der Waals surface area contributed by atoms with E-state index in [-0.39, 0.29) is 23.7 Å². The Morgan fingerprint density at radius 2 is 1.93 bits per heavy atom. The molecule has 1 heterocycles. The number of carbonyl (C=O) groups excluding carboxylic acids is 1. The summed E-state index contributed by atoms with van der Waals surface area (Å²) in [6.45, 7) is 2.01. The van der Waals surface area contributed by atoms with Gasteiger partial charge in [-0.1, -0.05) is 42.1 Å². The highest BCUT2D eigenvalue weighted by atomic mass is 32.2. The number of aryl methyl sites for hydroxylation is 1. The zero-order valence-electron chi connectivity index (χ0n) is 16.7. The smallest absolute Gasteiger partial charge is 0.255 e. The molecule has 156 valence electrons. The number of hydrogen-bond donors (Lipinski definition) is 2. The highest BCUT2D eigenvalue weighted by Gasteiger charge is 2.13. The molecule has 0 atom stereocenters. The van der Waals surface area contributed by atoms with Gasteiger partial charge in [-0.05, 0) is 30.7 Å². The largest absolute Gasteiger partial charge is 0.496 e. The molecular formula is C22H22FN3O3S. The molecule has 0 unspecified atom stereocenters. The zero-order chi connectivity index (χ0) is 21.5. The van der Waals surface area contributed by atoms with Crippen molar-refractivity contribution in [2.24, 2.45) is 0 Å². The van der Waals surface area contributed by atoms with E-state index in [0.717, 1.165) is 11.1 Å². The Hall–Kier alpha value is -3.13. The van der Waals surface area contributed by atoms with Crippen molar-refractivity contribution >= 4 is 17.7 Å². The maximum atomic E-state index is 13.0. The molecule has 0 bridgehead atoms. The van der Waals surface area contributed by atoms with E-state index in [1.54, 1.807) is 26.2 Å². The summed E-state index contributed by atoms with van der Waals surface area (Å²) in [6, 6.07) is 13.6. The van der Waals surface area contributed by atoms with Crippen LogP contribution in [0.15, 0.2) is 58.5 Å². The van der Waals surface area contributed by atoms with Gasteiger partial charge in [-0.2, -0.15) is 0 Å². The van der Waals surface area contributed by atoms with Gasteiger partial charge in [0.15, 0.2) is 5.16 Å². The second-order valence-electron chi connectivity index (χ2n) is 6.62. The molecule has 2 aromatic carbocycles. The molecule has 0 saturated heterocycles. The Morgan fingerprint density at radius 3 is 2.63 bits per heavy atom. The first-order valence-corrected chi connectivity index (χ1v) is 10.3. The van der Waals surface area contributed by atoms with E-state index in [4.69, 9.17) is 4.74 Å². The van der Waals surface area contributed by atoms with Crippen LogP contribution < -0.4 is 15.6 Å². The number of para-hydroxylation sites is 1. The number of halogens is 1. The Kier molecular flexibility index (Phi) is 7.24. The Bertz CT molecular complexity index is 1080. The van der Waals surface area contributed by atoms with Crippen molar-refractivity contribution in [2.75, 3.05) is 7.11 Å². The van der Waals surface area contributed by atoms with Gasteiger partial charge in [0, 0.05) is 29.1 Å². The van der Waals surface area contributed by atoms with E-state index in [0.29, 0.717) is 34.5 Å². The summed E-state index contributed by atoms with van der Waals surface area (Å²) in [5.41, 5.74) is 2.27. The van der Waals surface area contributed by atoms with Crippen LogP contribution in [-0.4, -0.2) is 23.0 Å². The third-order valence-electron chi connectivity index (χ3n) is 4.50. The van der Waals surface area contributed by atoms with Gasteiger partial charge in [0.2, 0.25) is 5.91 Å². The number of hydrogen-bond acceptors (Lipinski definition) is 5. The maximum Gasteiger partial charge on any atom is 0.255 e. The lowest BCUT2D eigenvalue weighted by Gasteiger charge is -2.10. The molecule has 6 nitrogen and oxygen atoms in total. The number of aromatic amines is 1. The summed E-state index contributed by atoms with van der Waals surface area (Å²) in [7, 11) is 1.57. The molecular weight excluding hydrogens is 405 g/mol. The van der Waals surface area contributed by atoms with E-state index < -0.39 is 0 Å². The standard InChI is InChI=1S/C22H22FN3O3S/c1-14-18(11-20(27)24-12-16-5-3-4-6-19(16)29-2)21(28)26-22(25-14)30-13-15-7-9-17(23)10-8-15/h3-10H,11-13H2,1-2H3,(H,24,27)(H,25,26,28). The first kappa shape index (κ1) is 21.6. The quantitative estimate of drug-likeness (QED) is 0.425. The fraction of sp³-hybridized carbons (Fsp3) is 0.227. The summed E-state index contributed by atoms with van der Waals surface area (Å²) in [6.07, 6.45) is -0.0633. The Labute approximate surface area is 177 Å². The van der Waals surface area contributed by atoms with Gasteiger partial charge < -0.3 is 15.0 Å². The van der Waals surface area contributed by atoms with Gasteiger partial charge in [-0.15, -0.1) is 0 Å². The number of nitrogens with zero attached hydrogens (tertiary/aromatic N) is 1. The van der Waals surface area contributed by atoms with Gasteiger partial charge in [0.25, 0.3) is 5.56 Å². The van der Waals surface area contributed by atoms with Crippen molar-refractivity contribution in [3.63, 3.8) is 0 Å². The van der Waals surface area contributed by atoms with Gasteiger partial charge in [0.05, 0.1) is 13.5 Å². The second kappa shape index (κ2) is 10.1. The normalized spacial score (nSPS) is 10.6. The lowest BCUT2D eigenvalue weighted by Crippen LogP contribution is -2.29. The van der Waals surface area contributed by atoms with Crippen LogP contribution in [-0.2, 0) is 23.5 Å². The van der Waals surface area contributed by atoms with E-state index in [1.165, 1.54) is 23.9 Å². The highest BCUT2D eigenvalue weighted by molar-refractivity contribution is 7.98. The topological polar surface area (TPSA) is 84.1 Å². The number of ether oxygens (including phenoxy) is 1. The van der Waals surface area contributed by atoms with Crippen LogP contribution in [0, 0.1) is 12.7 Å². The number of amides is 1. The molecule has 3 rings (SSSR count). The number of H-pyrrole nitrogens is 1. The van der Waals surface area contributed by atoms with Crippen LogP contribution >= 0.6 is 11.8 Å². The third kappa shape index (κ3) is 5.70. The Balaban J connectivity index is 1.61. The first-order chi connectivity index (χ1) is 14.5. The number of aromatic nitrogens is 2. The molecule has 1 amide bonds.